The quantitative estimate of drug-likeness (QED) is 0.747. The molecule has 7 nitrogen and oxygen atoms in total. The highest BCUT2D eigenvalue weighted by Gasteiger charge is 2.39. The van der Waals surface area contributed by atoms with Crippen LogP contribution in [0.15, 0.2) is 53.2 Å². The van der Waals surface area contributed by atoms with Crippen LogP contribution in [0, 0.1) is 19.3 Å². The molecular formula is C18H18N6O. The van der Waals surface area contributed by atoms with E-state index in [0.717, 1.165) is 22.5 Å². The van der Waals surface area contributed by atoms with Gasteiger partial charge in [-0.05, 0) is 59.6 Å². The minimum absolute atomic E-state index is 0.204. The van der Waals surface area contributed by atoms with Crippen LogP contribution in [0.4, 0.5) is 23.0 Å². The summed E-state index contributed by atoms with van der Waals surface area (Å²) in [6, 6.07) is 15.7. The summed E-state index contributed by atoms with van der Waals surface area (Å²) in [6.07, 6.45) is -0.707. The van der Waals surface area contributed by atoms with Gasteiger partial charge in [0.1, 0.15) is 12.0 Å². The molecule has 3 N–H and O–H groups in total. The summed E-state index contributed by atoms with van der Waals surface area (Å²) in [5, 5.41) is 16.7. The number of nitrogens with two attached hydrogens (primary N) is 1. The van der Waals surface area contributed by atoms with Crippen molar-refractivity contribution in [2.45, 2.75) is 20.0 Å². The van der Waals surface area contributed by atoms with Gasteiger partial charge in [-0.2, -0.15) is 0 Å². The first kappa shape index (κ1) is 15.3. The van der Waals surface area contributed by atoms with Gasteiger partial charge in [0.05, 0.1) is 0 Å². The smallest absolute Gasteiger partial charge is 0.228 e. The molecule has 126 valence electrons. The van der Waals surface area contributed by atoms with Crippen LogP contribution in [0.5, 0.6) is 0 Å². The number of aryl methyl sites for hydroxylation is 2. The molecule has 0 bridgehead atoms. The number of fused-ring (bicyclic) bond motifs is 1. The lowest BCUT2D eigenvalue weighted by molar-refractivity contribution is 0.309. The van der Waals surface area contributed by atoms with Gasteiger partial charge in [0, 0.05) is 11.4 Å². The van der Waals surface area contributed by atoms with Gasteiger partial charge in [-0.3, -0.25) is 15.2 Å². The fourth-order valence-corrected chi connectivity index (χ4v) is 3.06. The van der Waals surface area contributed by atoms with Gasteiger partial charge in [0.2, 0.25) is 11.6 Å². The second-order valence-corrected chi connectivity index (χ2v) is 6.12. The summed E-state index contributed by atoms with van der Waals surface area (Å²) in [7, 11) is 0. The number of nitrogens with zero attached hydrogens (tertiary/aromatic N) is 4. The summed E-state index contributed by atoms with van der Waals surface area (Å²) >= 11 is 0. The van der Waals surface area contributed by atoms with Crippen LogP contribution in [0.2, 0.25) is 0 Å². The fraction of sp³-hybridized carbons (Fsp3) is 0.167. The highest BCUT2D eigenvalue weighted by Crippen LogP contribution is 2.40. The standard InChI is InChI=1S/C18H18N6O/c1-11-5-3-7-13(9-11)23-15(19)16(20)24(18-17(23)21-25-22-18)14-8-4-6-12(2)10-14/h3-10,15,20H,19H2,1-2H3. The van der Waals surface area contributed by atoms with Crippen LogP contribution in [-0.4, -0.2) is 22.3 Å². The van der Waals surface area contributed by atoms with Crippen LogP contribution in [0.3, 0.4) is 0 Å². The van der Waals surface area contributed by atoms with Crippen molar-refractivity contribution in [3.8, 4) is 0 Å². The van der Waals surface area contributed by atoms with Gasteiger partial charge in [0.15, 0.2) is 0 Å². The van der Waals surface area contributed by atoms with E-state index < -0.39 is 6.17 Å². The molecule has 1 atom stereocenters. The molecule has 25 heavy (non-hydrogen) atoms. The topological polar surface area (TPSA) is 95.3 Å². The van der Waals surface area contributed by atoms with Crippen molar-refractivity contribution in [1.82, 2.24) is 10.3 Å². The maximum Gasteiger partial charge on any atom is 0.228 e. The van der Waals surface area contributed by atoms with E-state index >= 15 is 0 Å². The van der Waals surface area contributed by atoms with Crippen LogP contribution in [0.25, 0.3) is 0 Å². The fourth-order valence-electron chi connectivity index (χ4n) is 3.06. The average molecular weight is 334 g/mol. The van der Waals surface area contributed by atoms with Crippen molar-refractivity contribution in [2.24, 2.45) is 5.73 Å². The lowest BCUT2D eigenvalue weighted by Crippen LogP contribution is -2.54. The Morgan fingerprint density at radius 3 is 2.24 bits per heavy atom. The molecule has 0 spiro atoms. The molecular weight excluding hydrogens is 316 g/mol. The van der Waals surface area contributed by atoms with E-state index in [9.17, 15) is 0 Å². The molecule has 0 fully saturated rings. The summed E-state index contributed by atoms with van der Waals surface area (Å²) in [4.78, 5) is 3.45. The zero-order valence-electron chi connectivity index (χ0n) is 14.0. The third-order valence-corrected chi connectivity index (χ3v) is 4.23. The van der Waals surface area contributed by atoms with Crippen molar-refractivity contribution in [1.29, 1.82) is 5.41 Å². The van der Waals surface area contributed by atoms with Crippen molar-refractivity contribution in [3.63, 3.8) is 0 Å². The van der Waals surface area contributed by atoms with E-state index in [1.165, 1.54) is 0 Å². The van der Waals surface area contributed by atoms with E-state index in [1.807, 2.05) is 62.4 Å². The zero-order valence-corrected chi connectivity index (χ0v) is 14.0. The van der Waals surface area contributed by atoms with Gasteiger partial charge in [0.25, 0.3) is 0 Å². The second-order valence-electron chi connectivity index (χ2n) is 6.12. The highest BCUT2D eigenvalue weighted by atomic mass is 16.6. The molecule has 2 aromatic carbocycles. The first-order valence-corrected chi connectivity index (χ1v) is 7.95. The first-order chi connectivity index (χ1) is 12.1. The molecule has 7 heteroatoms. The van der Waals surface area contributed by atoms with Crippen LogP contribution in [-0.2, 0) is 0 Å². The monoisotopic (exact) mass is 334 g/mol. The van der Waals surface area contributed by atoms with Crippen molar-refractivity contribution in [2.75, 3.05) is 9.80 Å². The lowest BCUT2D eigenvalue weighted by Gasteiger charge is -2.38. The Balaban J connectivity index is 1.86. The Kier molecular flexibility index (Phi) is 3.51. The number of amidine groups is 1. The summed E-state index contributed by atoms with van der Waals surface area (Å²) < 4.78 is 4.99. The minimum Gasteiger partial charge on any atom is -0.305 e. The van der Waals surface area contributed by atoms with Gasteiger partial charge in [-0.25, -0.2) is 4.63 Å². The molecule has 0 aliphatic carbocycles. The molecule has 2 heterocycles. The molecule has 1 aliphatic rings. The number of rotatable bonds is 2. The Hall–Kier alpha value is -3.19. The Labute approximate surface area is 145 Å². The van der Waals surface area contributed by atoms with E-state index in [4.69, 9.17) is 15.8 Å². The number of hydrogen-bond donors (Lipinski definition) is 2. The molecule has 1 aliphatic heterocycles. The lowest BCUT2D eigenvalue weighted by atomic mass is 10.1. The predicted octanol–water partition coefficient (Wildman–Crippen LogP) is 3.24. The van der Waals surface area contributed by atoms with E-state index in [-0.39, 0.29) is 5.84 Å². The largest absolute Gasteiger partial charge is 0.305 e. The van der Waals surface area contributed by atoms with Gasteiger partial charge in [-0.15, -0.1) is 0 Å². The van der Waals surface area contributed by atoms with Gasteiger partial charge < -0.3 is 5.73 Å². The first-order valence-electron chi connectivity index (χ1n) is 7.95. The molecule has 4 rings (SSSR count). The molecule has 0 saturated carbocycles. The molecule has 3 aromatic rings. The number of nitrogens with one attached hydrogen (secondary N) is 1. The molecule has 0 radical (unpaired) electrons. The summed E-state index contributed by atoms with van der Waals surface area (Å²) in [5.41, 5.74) is 10.2. The number of benzene rings is 2. The third kappa shape index (κ3) is 2.45. The maximum atomic E-state index is 8.61. The zero-order chi connectivity index (χ0) is 17.6. The van der Waals surface area contributed by atoms with Crippen molar-refractivity contribution in [3.05, 3.63) is 59.7 Å². The highest BCUT2D eigenvalue weighted by molar-refractivity contribution is 6.11. The number of hydrogen-bond acceptors (Lipinski definition) is 6. The van der Waals surface area contributed by atoms with Crippen LogP contribution >= 0.6 is 0 Å². The van der Waals surface area contributed by atoms with Crippen molar-refractivity contribution < 1.29 is 4.63 Å². The maximum absolute atomic E-state index is 8.61. The van der Waals surface area contributed by atoms with Crippen LogP contribution < -0.4 is 15.5 Å². The molecule has 0 saturated heterocycles. The summed E-state index contributed by atoms with van der Waals surface area (Å²) in [6.45, 7) is 4.00. The molecule has 1 aromatic heterocycles. The predicted molar refractivity (Wildman–Crippen MR) is 96.6 cm³/mol. The molecule has 1 unspecified atom stereocenters. The van der Waals surface area contributed by atoms with E-state index in [2.05, 4.69) is 10.3 Å². The van der Waals surface area contributed by atoms with E-state index in [0.29, 0.717) is 11.6 Å². The van der Waals surface area contributed by atoms with E-state index in [1.54, 1.807) is 9.80 Å². The van der Waals surface area contributed by atoms with Crippen molar-refractivity contribution >= 4 is 28.8 Å². The minimum atomic E-state index is -0.707. The van der Waals surface area contributed by atoms with Gasteiger partial charge in [-0.1, -0.05) is 24.3 Å². The number of anilines is 4. The Morgan fingerprint density at radius 1 is 0.960 bits per heavy atom. The SMILES string of the molecule is Cc1cccc(N2C(=N)C(N)N(c3cccc(C)c3)c3nonc32)c1. The van der Waals surface area contributed by atoms with Gasteiger partial charge >= 0.3 is 0 Å². The second kappa shape index (κ2) is 5.71. The normalized spacial score (nSPS) is 16.9. The molecule has 0 amide bonds. The Bertz CT molecular complexity index is 950. The third-order valence-electron chi connectivity index (χ3n) is 4.23. The Morgan fingerprint density at radius 2 is 1.56 bits per heavy atom. The number of aromatic nitrogens is 2. The van der Waals surface area contributed by atoms with Crippen LogP contribution in [0.1, 0.15) is 11.1 Å². The summed E-state index contributed by atoms with van der Waals surface area (Å²) in [5.74, 6) is 1.16. The average Bonchev–Trinajstić information content (AvgIpc) is 3.04.